The number of nitrogens with one attached hydrogen (secondary N) is 1. The second-order valence-electron chi connectivity index (χ2n) is 8.18. The van der Waals surface area contributed by atoms with Crippen LogP contribution in [0.5, 0.6) is 0 Å². The van der Waals surface area contributed by atoms with Crippen molar-refractivity contribution in [1.29, 1.82) is 0 Å². The molecule has 1 fully saturated rings. The third-order valence-corrected chi connectivity index (χ3v) is 6.41. The molecular formula is C26H22ClFN4O. The highest BCUT2D eigenvalue weighted by atomic mass is 35.5. The highest BCUT2D eigenvalue weighted by Crippen LogP contribution is 2.39. The third kappa shape index (κ3) is 4.39. The molecule has 0 spiro atoms. The van der Waals surface area contributed by atoms with E-state index in [1.54, 1.807) is 48.8 Å². The van der Waals surface area contributed by atoms with Gasteiger partial charge in [0.25, 0.3) is 5.91 Å². The molecule has 1 N–H and O–H groups in total. The molecule has 0 unspecified atom stereocenters. The van der Waals surface area contributed by atoms with Crippen LogP contribution in [0.1, 0.15) is 34.8 Å². The lowest BCUT2D eigenvalue weighted by Gasteiger charge is -2.32. The summed E-state index contributed by atoms with van der Waals surface area (Å²) in [7, 11) is 0. The lowest BCUT2D eigenvalue weighted by molar-refractivity contribution is 0.0712. The van der Waals surface area contributed by atoms with Gasteiger partial charge in [0.05, 0.1) is 0 Å². The van der Waals surface area contributed by atoms with Gasteiger partial charge in [0.1, 0.15) is 11.5 Å². The smallest absolute Gasteiger partial charge is 0.253 e. The Hall–Kier alpha value is -3.51. The first-order valence-corrected chi connectivity index (χ1v) is 11.3. The Labute approximate surface area is 196 Å². The van der Waals surface area contributed by atoms with Crippen molar-refractivity contribution in [3.8, 4) is 22.4 Å². The number of likely N-dealkylation sites (tertiary alicyclic amines) is 1. The monoisotopic (exact) mass is 460 g/mol. The van der Waals surface area contributed by atoms with E-state index in [1.165, 1.54) is 12.1 Å². The molecule has 5 rings (SSSR count). The van der Waals surface area contributed by atoms with E-state index < -0.39 is 0 Å². The molecule has 2 aromatic carbocycles. The maximum absolute atomic E-state index is 13.5. The summed E-state index contributed by atoms with van der Waals surface area (Å²) in [5, 5.41) is 8.49. The molecule has 1 amide bonds. The van der Waals surface area contributed by atoms with Crippen LogP contribution in [0, 0.1) is 5.82 Å². The topological polar surface area (TPSA) is 61.9 Å². The van der Waals surface area contributed by atoms with Gasteiger partial charge in [-0.25, -0.2) is 4.39 Å². The van der Waals surface area contributed by atoms with Crippen molar-refractivity contribution in [3.05, 3.63) is 95.2 Å². The molecule has 3 heterocycles. The first kappa shape index (κ1) is 21.3. The first-order chi connectivity index (χ1) is 16.1. The van der Waals surface area contributed by atoms with Crippen LogP contribution in [0.15, 0.2) is 73.1 Å². The Morgan fingerprint density at radius 2 is 1.61 bits per heavy atom. The van der Waals surface area contributed by atoms with Gasteiger partial charge in [0.15, 0.2) is 0 Å². The summed E-state index contributed by atoms with van der Waals surface area (Å²) in [5.74, 6) is -0.0297. The fraction of sp³-hybridized carbons (Fsp3) is 0.192. The molecule has 166 valence electrons. The van der Waals surface area contributed by atoms with E-state index in [4.69, 9.17) is 11.6 Å². The lowest BCUT2D eigenvalue weighted by atomic mass is 9.87. The van der Waals surface area contributed by atoms with Crippen LogP contribution in [0.4, 0.5) is 4.39 Å². The van der Waals surface area contributed by atoms with E-state index in [1.807, 2.05) is 17.0 Å². The van der Waals surface area contributed by atoms with Gasteiger partial charge in [-0.15, -0.1) is 0 Å². The number of hydrogen-bond acceptors (Lipinski definition) is 3. The molecule has 4 aromatic rings. The average Bonchev–Trinajstić information content (AvgIpc) is 3.30. The Morgan fingerprint density at radius 1 is 0.939 bits per heavy atom. The van der Waals surface area contributed by atoms with Gasteiger partial charge in [-0.3, -0.25) is 14.9 Å². The summed E-state index contributed by atoms with van der Waals surface area (Å²) >= 11 is 5.95. The molecule has 5 nitrogen and oxygen atoms in total. The van der Waals surface area contributed by atoms with Crippen LogP contribution in [0.3, 0.4) is 0 Å². The summed E-state index contributed by atoms with van der Waals surface area (Å²) in [6, 6.07) is 17.3. The number of piperidine rings is 1. The van der Waals surface area contributed by atoms with E-state index in [0.29, 0.717) is 23.7 Å². The largest absolute Gasteiger partial charge is 0.339 e. The molecule has 0 saturated carbocycles. The Morgan fingerprint density at radius 3 is 2.27 bits per heavy atom. The van der Waals surface area contributed by atoms with Crippen LogP contribution in [-0.4, -0.2) is 39.1 Å². The fourth-order valence-corrected chi connectivity index (χ4v) is 4.55. The lowest BCUT2D eigenvalue weighted by Crippen LogP contribution is -2.38. The van der Waals surface area contributed by atoms with Gasteiger partial charge in [0.2, 0.25) is 0 Å². The van der Waals surface area contributed by atoms with Gasteiger partial charge in [-0.1, -0.05) is 11.6 Å². The molecule has 0 bridgehead atoms. The molecule has 7 heteroatoms. The van der Waals surface area contributed by atoms with Crippen molar-refractivity contribution in [2.45, 2.75) is 18.8 Å². The SMILES string of the molecule is O=C(c1ccc(Cl)cc1)N1CCC(c2[nH]nc(-c3ccc(F)cc3)c2-c2ccncc2)CC1. The van der Waals surface area contributed by atoms with Crippen molar-refractivity contribution in [3.63, 3.8) is 0 Å². The summed E-state index contributed by atoms with van der Waals surface area (Å²) in [5.41, 5.74) is 5.34. The van der Waals surface area contributed by atoms with Gasteiger partial charge >= 0.3 is 0 Å². The Balaban J connectivity index is 1.41. The van der Waals surface area contributed by atoms with E-state index in [2.05, 4.69) is 15.2 Å². The molecular weight excluding hydrogens is 439 g/mol. The minimum Gasteiger partial charge on any atom is -0.339 e. The summed E-state index contributed by atoms with van der Waals surface area (Å²) < 4.78 is 13.5. The predicted molar refractivity (Wildman–Crippen MR) is 127 cm³/mol. The second-order valence-corrected chi connectivity index (χ2v) is 8.61. The number of H-pyrrole nitrogens is 1. The molecule has 0 radical (unpaired) electrons. The van der Waals surface area contributed by atoms with Crippen molar-refractivity contribution in [2.75, 3.05) is 13.1 Å². The first-order valence-electron chi connectivity index (χ1n) is 10.9. The molecule has 0 atom stereocenters. The number of amides is 1. The number of hydrogen-bond donors (Lipinski definition) is 1. The van der Waals surface area contributed by atoms with Gasteiger partial charge in [-0.05, 0) is 79.1 Å². The number of nitrogens with zero attached hydrogens (tertiary/aromatic N) is 3. The van der Waals surface area contributed by atoms with Gasteiger partial charge in [-0.2, -0.15) is 5.10 Å². The van der Waals surface area contributed by atoms with Gasteiger partial charge < -0.3 is 4.90 Å². The Bertz CT molecular complexity index is 1250. The quantitative estimate of drug-likeness (QED) is 0.409. The number of rotatable bonds is 4. The highest BCUT2D eigenvalue weighted by molar-refractivity contribution is 6.30. The number of benzene rings is 2. The van der Waals surface area contributed by atoms with E-state index in [0.717, 1.165) is 40.9 Å². The molecule has 1 aliphatic rings. The van der Waals surface area contributed by atoms with Crippen LogP contribution >= 0.6 is 11.6 Å². The number of carbonyl (C=O) groups is 1. The number of aromatic nitrogens is 3. The zero-order chi connectivity index (χ0) is 22.8. The zero-order valence-corrected chi connectivity index (χ0v) is 18.6. The number of halogens is 2. The van der Waals surface area contributed by atoms with Crippen LogP contribution in [0.25, 0.3) is 22.4 Å². The summed E-state index contributed by atoms with van der Waals surface area (Å²) in [6.07, 6.45) is 5.16. The predicted octanol–water partition coefficient (Wildman–Crippen LogP) is 5.95. The number of pyridine rings is 1. The second kappa shape index (κ2) is 9.16. The van der Waals surface area contributed by atoms with Crippen LogP contribution in [-0.2, 0) is 0 Å². The summed E-state index contributed by atoms with van der Waals surface area (Å²) in [6.45, 7) is 1.32. The zero-order valence-electron chi connectivity index (χ0n) is 17.8. The van der Waals surface area contributed by atoms with E-state index >= 15 is 0 Å². The van der Waals surface area contributed by atoms with Gasteiger partial charge in [0, 0.05) is 58.8 Å². The molecule has 1 saturated heterocycles. The normalized spacial score (nSPS) is 14.4. The van der Waals surface area contributed by atoms with Crippen molar-refractivity contribution < 1.29 is 9.18 Å². The standard InChI is InChI=1S/C26H22ClFN4O/c27-21-5-1-20(2-6-21)26(33)32-15-11-19(12-16-32)25-23(17-9-13-29-14-10-17)24(30-31-25)18-3-7-22(28)8-4-18/h1-10,13-14,19H,11-12,15-16H2,(H,30,31). The molecule has 1 aliphatic heterocycles. The summed E-state index contributed by atoms with van der Waals surface area (Å²) in [4.78, 5) is 18.9. The number of aromatic amines is 1. The number of carbonyl (C=O) groups excluding carboxylic acids is 1. The molecule has 33 heavy (non-hydrogen) atoms. The van der Waals surface area contributed by atoms with Crippen molar-refractivity contribution in [1.82, 2.24) is 20.1 Å². The third-order valence-electron chi connectivity index (χ3n) is 6.16. The van der Waals surface area contributed by atoms with Crippen LogP contribution in [0.2, 0.25) is 5.02 Å². The fourth-order valence-electron chi connectivity index (χ4n) is 4.42. The van der Waals surface area contributed by atoms with Crippen molar-refractivity contribution in [2.24, 2.45) is 0 Å². The Kier molecular flexibility index (Phi) is 5.92. The van der Waals surface area contributed by atoms with E-state index in [9.17, 15) is 9.18 Å². The van der Waals surface area contributed by atoms with E-state index in [-0.39, 0.29) is 17.6 Å². The van der Waals surface area contributed by atoms with Crippen molar-refractivity contribution >= 4 is 17.5 Å². The minimum absolute atomic E-state index is 0.0242. The maximum atomic E-state index is 13.5. The highest BCUT2D eigenvalue weighted by Gasteiger charge is 2.29. The molecule has 0 aliphatic carbocycles. The minimum atomic E-state index is -0.280. The molecule has 2 aromatic heterocycles. The van der Waals surface area contributed by atoms with Crippen LogP contribution < -0.4 is 0 Å². The maximum Gasteiger partial charge on any atom is 0.253 e. The average molecular weight is 461 g/mol.